The summed E-state index contributed by atoms with van der Waals surface area (Å²) in [5.41, 5.74) is 1.09. The first-order valence-corrected chi connectivity index (χ1v) is 10.8. The predicted molar refractivity (Wildman–Crippen MR) is 126 cm³/mol. The van der Waals surface area contributed by atoms with Crippen LogP contribution in [0.25, 0.3) is 10.2 Å². The number of methoxy groups -OCH3 is 2. The molecule has 0 aliphatic carbocycles. The Labute approximate surface area is 197 Å². The van der Waals surface area contributed by atoms with Crippen molar-refractivity contribution in [2.75, 3.05) is 19.1 Å². The minimum absolute atomic E-state index is 0.00175. The van der Waals surface area contributed by atoms with Gasteiger partial charge in [0.25, 0.3) is 11.6 Å². The van der Waals surface area contributed by atoms with Crippen molar-refractivity contribution in [3.63, 3.8) is 0 Å². The van der Waals surface area contributed by atoms with E-state index in [1.165, 1.54) is 41.5 Å². The van der Waals surface area contributed by atoms with Crippen LogP contribution in [0.3, 0.4) is 0 Å². The van der Waals surface area contributed by atoms with E-state index in [0.29, 0.717) is 26.8 Å². The topological polar surface area (TPSA) is 108 Å². The number of rotatable bonds is 7. The Kier molecular flexibility index (Phi) is 6.38. The minimum atomic E-state index is -0.576. The number of anilines is 1. The molecule has 0 aliphatic heterocycles. The summed E-state index contributed by atoms with van der Waals surface area (Å²) in [6, 6.07) is 10.8. The van der Waals surface area contributed by atoms with Gasteiger partial charge in [-0.05, 0) is 35.9 Å². The van der Waals surface area contributed by atoms with Crippen molar-refractivity contribution in [3.05, 3.63) is 81.1 Å². The molecule has 0 spiro atoms. The fourth-order valence-electron chi connectivity index (χ4n) is 3.22. The van der Waals surface area contributed by atoms with Gasteiger partial charge in [0.1, 0.15) is 21.7 Å². The molecule has 0 saturated carbocycles. The normalized spacial score (nSPS) is 10.8. The molecule has 0 bridgehead atoms. The largest absolute Gasteiger partial charge is 0.495 e. The number of carbonyl (C=O) groups is 1. The Bertz CT molecular complexity index is 1300. The van der Waals surface area contributed by atoms with Crippen molar-refractivity contribution >= 4 is 49.9 Å². The fraction of sp³-hybridized carbons (Fsp3) is 0.136. The second-order valence-electron chi connectivity index (χ2n) is 6.81. The van der Waals surface area contributed by atoms with Crippen molar-refractivity contribution in [1.29, 1.82) is 0 Å². The van der Waals surface area contributed by atoms with Gasteiger partial charge in [-0.25, -0.2) is 4.98 Å². The molecule has 2 aromatic carbocycles. The highest BCUT2D eigenvalue weighted by Crippen LogP contribution is 2.41. The Morgan fingerprint density at radius 3 is 2.48 bits per heavy atom. The van der Waals surface area contributed by atoms with E-state index in [1.807, 2.05) is 0 Å². The lowest BCUT2D eigenvalue weighted by Gasteiger charge is -2.20. The van der Waals surface area contributed by atoms with Crippen LogP contribution in [0, 0.1) is 10.1 Å². The Balaban J connectivity index is 1.87. The molecule has 2 aromatic heterocycles. The third-order valence-corrected chi connectivity index (χ3v) is 6.28. The maximum atomic E-state index is 13.6. The number of fused-ring (bicyclic) bond motifs is 1. The molecule has 0 unspecified atom stereocenters. The maximum Gasteiger partial charge on any atom is 0.270 e. The van der Waals surface area contributed by atoms with Crippen molar-refractivity contribution in [3.8, 4) is 11.5 Å². The average Bonchev–Trinajstić information content (AvgIpc) is 3.27. The number of nitro groups is 1. The number of thiazole rings is 1. The molecule has 0 atom stereocenters. The predicted octanol–water partition coefficient (Wildman–Crippen LogP) is 5.12. The number of benzene rings is 2. The number of amides is 1. The SMILES string of the molecule is COc1ccc(OC)c2sc(N(Cc3ccncc3)C(=O)c3cc([N+](=O)[O-])ccc3Cl)nc12. The number of ether oxygens (including phenoxy) is 2. The van der Waals surface area contributed by atoms with Crippen LogP contribution in [-0.2, 0) is 6.54 Å². The van der Waals surface area contributed by atoms with E-state index >= 15 is 0 Å². The van der Waals surface area contributed by atoms with E-state index in [9.17, 15) is 14.9 Å². The van der Waals surface area contributed by atoms with Crippen LogP contribution in [-0.4, -0.2) is 35.0 Å². The Morgan fingerprint density at radius 2 is 1.82 bits per heavy atom. The van der Waals surface area contributed by atoms with Gasteiger partial charge in [-0.1, -0.05) is 22.9 Å². The number of halogens is 1. The molecule has 4 rings (SSSR count). The lowest BCUT2D eigenvalue weighted by atomic mass is 10.1. The summed E-state index contributed by atoms with van der Waals surface area (Å²) in [5, 5.41) is 11.7. The van der Waals surface area contributed by atoms with Gasteiger partial charge in [0, 0.05) is 24.5 Å². The zero-order valence-electron chi connectivity index (χ0n) is 17.5. The third-order valence-electron chi connectivity index (χ3n) is 4.86. The van der Waals surface area contributed by atoms with Crippen molar-refractivity contribution in [1.82, 2.24) is 9.97 Å². The summed E-state index contributed by atoms with van der Waals surface area (Å²) in [6.45, 7) is 0.144. The highest BCUT2D eigenvalue weighted by atomic mass is 35.5. The molecule has 9 nitrogen and oxygen atoms in total. The quantitative estimate of drug-likeness (QED) is 0.264. The molecular formula is C22H17ClN4O5S. The molecule has 1 amide bonds. The summed E-state index contributed by atoms with van der Waals surface area (Å²) in [4.78, 5) is 34.4. The van der Waals surface area contributed by atoms with Crippen LogP contribution < -0.4 is 14.4 Å². The molecule has 0 N–H and O–H groups in total. The smallest absolute Gasteiger partial charge is 0.270 e. The van der Waals surface area contributed by atoms with Crippen LogP contribution in [0.2, 0.25) is 5.02 Å². The summed E-state index contributed by atoms with van der Waals surface area (Å²) in [6.07, 6.45) is 3.23. The lowest BCUT2D eigenvalue weighted by Crippen LogP contribution is -2.30. The van der Waals surface area contributed by atoms with Gasteiger partial charge in [-0.3, -0.25) is 24.8 Å². The molecule has 0 radical (unpaired) electrons. The fourth-order valence-corrected chi connectivity index (χ4v) is 4.49. The molecule has 2 heterocycles. The number of pyridine rings is 1. The van der Waals surface area contributed by atoms with E-state index < -0.39 is 10.8 Å². The highest BCUT2D eigenvalue weighted by molar-refractivity contribution is 7.22. The van der Waals surface area contributed by atoms with Crippen LogP contribution >= 0.6 is 22.9 Å². The van der Waals surface area contributed by atoms with Crippen LogP contribution in [0.4, 0.5) is 10.8 Å². The van der Waals surface area contributed by atoms with Gasteiger partial charge in [0.15, 0.2) is 5.13 Å². The lowest BCUT2D eigenvalue weighted by molar-refractivity contribution is -0.384. The van der Waals surface area contributed by atoms with E-state index in [2.05, 4.69) is 9.97 Å². The molecule has 4 aromatic rings. The van der Waals surface area contributed by atoms with Crippen molar-refractivity contribution in [2.24, 2.45) is 0 Å². The Hall–Kier alpha value is -3.76. The van der Waals surface area contributed by atoms with Crippen LogP contribution in [0.1, 0.15) is 15.9 Å². The molecule has 11 heteroatoms. The summed E-state index contributed by atoms with van der Waals surface area (Å²) in [7, 11) is 3.08. The van der Waals surface area contributed by atoms with Crippen LogP contribution in [0.15, 0.2) is 54.9 Å². The van der Waals surface area contributed by atoms with E-state index in [4.69, 9.17) is 21.1 Å². The first kappa shape index (κ1) is 22.4. The number of nitro benzene ring substituents is 1. The second-order valence-corrected chi connectivity index (χ2v) is 8.20. The maximum absolute atomic E-state index is 13.6. The first-order valence-electron chi connectivity index (χ1n) is 9.59. The molecule has 0 fully saturated rings. The molecule has 168 valence electrons. The number of hydrogen-bond donors (Lipinski definition) is 0. The number of carbonyl (C=O) groups excluding carboxylic acids is 1. The molecule has 33 heavy (non-hydrogen) atoms. The number of aromatic nitrogens is 2. The van der Waals surface area contributed by atoms with Gasteiger partial charge in [0.05, 0.1) is 36.3 Å². The zero-order chi connectivity index (χ0) is 23.5. The molecular weight excluding hydrogens is 468 g/mol. The van der Waals surface area contributed by atoms with E-state index in [0.717, 1.165) is 5.56 Å². The van der Waals surface area contributed by atoms with Gasteiger partial charge in [0.2, 0.25) is 0 Å². The van der Waals surface area contributed by atoms with Crippen LogP contribution in [0.5, 0.6) is 11.5 Å². The van der Waals surface area contributed by atoms with Crippen molar-refractivity contribution < 1.29 is 19.2 Å². The average molecular weight is 485 g/mol. The summed E-state index contributed by atoms with van der Waals surface area (Å²) >= 11 is 7.51. The summed E-state index contributed by atoms with van der Waals surface area (Å²) in [5.74, 6) is 0.578. The van der Waals surface area contributed by atoms with Gasteiger partial charge in [-0.2, -0.15) is 0 Å². The van der Waals surface area contributed by atoms with Gasteiger partial charge in [-0.15, -0.1) is 0 Å². The third kappa shape index (κ3) is 4.43. The first-order chi connectivity index (χ1) is 15.9. The molecule has 0 aliphatic rings. The Morgan fingerprint density at radius 1 is 1.12 bits per heavy atom. The number of nitrogens with zero attached hydrogens (tertiary/aromatic N) is 4. The van der Waals surface area contributed by atoms with E-state index in [1.54, 1.807) is 43.8 Å². The molecule has 0 saturated heterocycles. The zero-order valence-corrected chi connectivity index (χ0v) is 19.1. The van der Waals surface area contributed by atoms with Gasteiger partial charge >= 0.3 is 0 Å². The van der Waals surface area contributed by atoms with E-state index in [-0.39, 0.29) is 22.8 Å². The highest BCUT2D eigenvalue weighted by Gasteiger charge is 2.27. The van der Waals surface area contributed by atoms with Crippen molar-refractivity contribution in [2.45, 2.75) is 6.54 Å². The monoisotopic (exact) mass is 484 g/mol. The number of hydrogen-bond acceptors (Lipinski definition) is 8. The minimum Gasteiger partial charge on any atom is -0.495 e. The number of non-ortho nitro benzene ring substituents is 1. The standard InChI is InChI=1S/C22H17ClN4O5S/c1-31-17-5-6-18(32-2)20-19(17)25-22(33-20)26(12-13-7-9-24-10-8-13)21(28)15-11-14(27(29)30)3-4-16(15)23/h3-11H,12H2,1-2H3. The summed E-state index contributed by atoms with van der Waals surface area (Å²) < 4.78 is 11.6. The second kappa shape index (κ2) is 9.39. The van der Waals surface area contributed by atoms with Gasteiger partial charge < -0.3 is 9.47 Å².